The van der Waals surface area contributed by atoms with Crippen LogP contribution in [0.25, 0.3) is 10.9 Å². The molecule has 20 heavy (non-hydrogen) atoms. The Labute approximate surface area is 118 Å². The van der Waals surface area contributed by atoms with Crippen molar-refractivity contribution in [2.24, 2.45) is 0 Å². The summed E-state index contributed by atoms with van der Waals surface area (Å²) in [6, 6.07) is 5.72. The number of ether oxygens (including phenoxy) is 1. The van der Waals surface area contributed by atoms with Crippen LogP contribution in [0, 0.1) is 12.9 Å². The van der Waals surface area contributed by atoms with Crippen LogP contribution in [0.2, 0.25) is 0 Å². The number of rotatable bonds is 1. The van der Waals surface area contributed by atoms with Gasteiger partial charge in [-0.3, -0.25) is 0 Å². The SMILES string of the molecule is CNC.Cc1ccc2c(c1)c(F)nn2C1CCCCO1. The van der Waals surface area contributed by atoms with Crippen molar-refractivity contribution in [3.63, 3.8) is 0 Å². The second-order valence-electron chi connectivity index (χ2n) is 5.08. The van der Waals surface area contributed by atoms with E-state index in [1.54, 1.807) is 4.68 Å². The van der Waals surface area contributed by atoms with Gasteiger partial charge < -0.3 is 10.1 Å². The van der Waals surface area contributed by atoms with E-state index in [0.29, 0.717) is 5.39 Å². The Morgan fingerprint density at radius 2 is 2.10 bits per heavy atom. The number of hydrogen-bond acceptors (Lipinski definition) is 3. The summed E-state index contributed by atoms with van der Waals surface area (Å²) in [5.74, 6) is -0.405. The maximum atomic E-state index is 13.8. The van der Waals surface area contributed by atoms with Crippen LogP contribution in [0.1, 0.15) is 31.1 Å². The molecule has 1 atom stereocenters. The smallest absolute Gasteiger partial charge is 0.240 e. The van der Waals surface area contributed by atoms with Crippen LogP contribution >= 0.6 is 0 Å². The molecular weight excluding hydrogens is 257 g/mol. The lowest BCUT2D eigenvalue weighted by Gasteiger charge is -2.23. The number of hydrogen-bond donors (Lipinski definition) is 1. The van der Waals surface area contributed by atoms with Crippen LogP contribution in [-0.4, -0.2) is 30.5 Å². The van der Waals surface area contributed by atoms with Crippen LogP contribution in [0.4, 0.5) is 4.39 Å². The third kappa shape index (κ3) is 3.16. The first-order valence-electron chi connectivity index (χ1n) is 7.02. The van der Waals surface area contributed by atoms with Gasteiger partial charge in [0.05, 0.1) is 10.9 Å². The van der Waals surface area contributed by atoms with Crippen LogP contribution in [0.5, 0.6) is 0 Å². The topological polar surface area (TPSA) is 39.1 Å². The highest BCUT2D eigenvalue weighted by Crippen LogP contribution is 2.27. The maximum Gasteiger partial charge on any atom is 0.240 e. The molecule has 1 aliphatic rings. The van der Waals surface area contributed by atoms with Crippen molar-refractivity contribution in [2.75, 3.05) is 20.7 Å². The Hall–Kier alpha value is -1.46. The van der Waals surface area contributed by atoms with E-state index in [1.165, 1.54) is 0 Å². The molecule has 110 valence electrons. The zero-order valence-corrected chi connectivity index (χ0v) is 12.3. The molecule has 0 bridgehead atoms. The molecule has 0 radical (unpaired) electrons. The molecule has 1 N–H and O–H groups in total. The van der Waals surface area contributed by atoms with E-state index in [1.807, 2.05) is 39.2 Å². The Morgan fingerprint density at radius 1 is 1.35 bits per heavy atom. The molecule has 4 nitrogen and oxygen atoms in total. The lowest BCUT2D eigenvalue weighted by molar-refractivity contribution is -0.0375. The molecule has 1 saturated heterocycles. The average Bonchev–Trinajstić information content (AvgIpc) is 2.78. The Morgan fingerprint density at radius 3 is 2.75 bits per heavy atom. The van der Waals surface area contributed by atoms with Crippen LogP contribution in [0.3, 0.4) is 0 Å². The van der Waals surface area contributed by atoms with Crippen LogP contribution in [0.15, 0.2) is 18.2 Å². The summed E-state index contributed by atoms with van der Waals surface area (Å²) in [5.41, 5.74) is 1.86. The van der Waals surface area contributed by atoms with Crippen molar-refractivity contribution in [1.29, 1.82) is 0 Å². The fourth-order valence-corrected chi connectivity index (χ4v) is 2.35. The Bertz CT molecular complexity index is 561. The number of nitrogens with one attached hydrogen (secondary N) is 1. The Kier molecular flexibility index (Phi) is 5.09. The van der Waals surface area contributed by atoms with Crippen molar-refractivity contribution >= 4 is 10.9 Å². The zero-order chi connectivity index (χ0) is 14.5. The van der Waals surface area contributed by atoms with Gasteiger partial charge in [-0.15, -0.1) is 5.10 Å². The highest BCUT2D eigenvalue weighted by molar-refractivity contribution is 5.80. The van der Waals surface area contributed by atoms with Gasteiger partial charge in [0.1, 0.15) is 0 Å². The standard InChI is InChI=1S/C13H15FN2O.C2H7N/c1-9-5-6-11-10(8-9)13(14)15-16(11)12-4-2-3-7-17-12;1-3-2/h5-6,8,12H,2-4,7H2,1H3;3H,1-2H3. The molecule has 1 aliphatic heterocycles. The van der Waals surface area contributed by atoms with E-state index in [9.17, 15) is 4.39 Å². The van der Waals surface area contributed by atoms with Gasteiger partial charge in [0.25, 0.3) is 0 Å². The first kappa shape index (κ1) is 14.9. The van der Waals surface area contributed by atoms with Gasteiger partial charge in [0, 0.05) is 6.61 Å². The average molecular weight is 279 g/mol. The highest BCUT2D eigenvalue weighted by atomic mass is 19.1. The van der Waals surface area contributed by atoms with Crippen molar-refractivity contribution < 1.29 is 9.13 Å². The third-order valence-electron chi connectivity index (χ3n) is 3.25. The van der Waals surface area contributed by atoms with Gasteiger partial charge in [-0.25, -0.2) is 4.68 Å². The summed E-state index contributed by atoms with van der Waals surface area (Å²) >= 11 is 0. The highest BCUT2D eigenvalue weighted by Gasteiger charge is 2.20. The van der Waals surface area contributed by atoms with E-state index in [2.05, 4.69) is 10.4 Å². The lowest BCUT2D eigenvalue weighted by Crippen LogP contribution is -2.19. The quantitative estimate of drug-likeness (QED) is 0.872. The molecule has 5 heteroatoms. The largest absolute Gasteiger partial charge is 0.356 e. The number of benzene rings is 1. The van der Waals surface area contributed by atoms with Crippen molar-refractivity contribution in [1.82, 2.24) is 15.1 Å². The molecule has 2 heterocycles. The number of aromatic nitrogens is 2. The summed E-state index contributed by atoms with van der Waals surface area (Å²) in [6.45, 7) is 2.69. The van der Waals surface area contributed by atoms with Crippen LogP contribution in [-0.2, 0) is 4.74 Å². The first-order chi connectivity index (χ1) is 9.67. The molecule has 0 spiro atoms. The summed E-state index contributed by atoms with van der Waals surface area (Å²) in [6.07, 6.45) is 2.99. The predicted molar refractivity (Wildman–Crippen MR) is 78.3 cm³/mol. The van der Waals surface area contributed by atoms with Gasteiger partial charge in [0.15, 0.2) is 6.23 Å². The monoisotopic (exact) mass is 279 g/mol. The molecule has 2 aromatic rings. The molecule has 1 unspecified atom stereocenters. The van der Waals surface area contributed by atoms with E-state index >= 15 is 0 Å². The normalized spacial score (nSPS) is 18.7. The van der Waals surface area contributed by atoms with E-state index in [0.717, 1.165) is 36.9 Å². The molecule has 3 rings (SSSR count). The second kappa shape index (κ2) is 6.81. The number of fused-ring (bicyclic) bond motifs is 1. The third-order valence-corrected chi connectivity index (χ3v) is 3.25. The minimum absolute atomic E-state index is 0.113. The number of aryl methyl sites for hydroxylation is 1. The zero-order valence-electron chi connectivity index (χ0n) is 12.3. The summed E-state index contributed by atoms with van der Waals surface area (Å²) in [7, 11) is 3.75. The number of halogens is 1. The van der Waals surface area contributed by atoms with Gasteiger partial charge in [-0.05, 0) is 52.4 Å². The van der Waals surface area contributed by atoms with Gasteiger partial charge in [-0.1, -0.05) is 11.6 Å². The minimum atomic E-state index is -0.405. The lowest BCUT2D eigenvalue weighted by atomic mass is 10.1. The minimum Gasteiger partial charge on any atom is -0.356 e. The summed E-state index contributed by atoms with van der Waals surface area (Å²) < 4.78 is 21.1. The fourth-order valence-electron chi connectivity index (χ4n) is 2.35. The van der Waals surface area contributed by atoms with Crippen molar-refractivity contribution in [3.8, 4) is 0 Å². The van der Waals surface area contributed by atoms with Crippen molar-refractivity contribution in [2.45, 2.75) is 32.4 Å². The molecule has 1 aromatic carbocycles. The van der Waals surface area contributed by atoms with Gasteiger partial charge in [-0.2, -0.15) is 4.39 Å². The van der Waals surface area contributed by atoms with E-state index < -0.39 is 5.95 Å². The van der Waals surface area contributed by atoms with Crippen LogP contribution < -0.4 is 5.32 Å². The molecule has 1 fully saturated rings. The molecule has 0 saturated carbocycles. The Balaban J connectivity index is 0.000000452. The molecular formula is C15H22FN3O. The number of nitrogens with zero attached hydrogens (tertiary/aromatic N) is 2. The van der Waals surface area contributed by atoms with Gasteiger partial charge >= 0.3 is 0 Å². The molecule has 1 aromatic heterocycles. The molecule has 0 aliphatic carbocycles. The summed E-state index contributed by atoms with van der Waals surface area (Å²) in [4.78, 5) is 0. The summed E-state index contributed by atoms with van der Waals surface area (Å²) in [5, 5.41) is 7.31. The second-order valence-corrected chi connectivity index (χ2v) is 5.08. The van der Waals surface area contributed by atoms with E-state index in [4.69, 9.17) is 4.74 Å². The fraction of sp³-hybridized carbons (Fsp3) is 0.533. The first-order valence-corrected chi connectivity index (χ1v) is 7.02. The maximum absolute atomic E-state index is 13.8. The predicted octanol–water partition coefficient (Wildman–Crippen LogP) is 3.02. The van der Waals surface area contributed by atoms with E-state index in [-0.39, 0.29) is 6.23 Å². The molecule has 0 amide bonds. The van der Waals surface area contributed by atoms with Crippen molar-refractivity contribution in [3.05, 3.63) is 29.7 Å². The van der Waals surface area contributed by atoms with Gasteiger partial charge in [0.2, 0.25) is 5.95 Å².